The Hall–Kier alpha value is -2.87. The van der Waals surface area contributed by atoms with E-state index in [-0.39, 0.29) is 11.4 Å². The number of carbonyl (C=O) groups excluding carboxylic acids is 1. The van der Waals surface area contributed by atoms with Crippen LogP contribution in [0.5, 0.6) is 0 Å². The number of aryl methyl sites for hydroxylation is 1. The number of benzene rings is 1. The van der Waals surface area contributed by atoms with Crippen LogP contribution >= 0.6 is 0 Å². The van der Waals surface area contributed by atoms with Crippen molar-refractivity contribution in [3.63, 3.8) is 0 Å². The van der Waals surface area contributed by atoms with E-state index in [4.69, 9.17) is 0 Å². The molecule has 0 fully saturated rings. The van der Waals surface area contributed by atoms with Crippen molar-refractivity contribution in [3.8, 4) is 6.07 Å². The second-order valence-electron chi connectivity index (χ2n) is 5.61. The molecule has 4 nitrogen and oxygen atoms in total. The number of hydrogen-bond acceptors (Lipinski definition) is 2. The van der Waals surface area contributed by atoms with E-state index in [1.165, 1.54) is 24.3 Å². The summed E-state index contributed by atoms with van der Waals surface area (Å²) < 4.78 is 15.1. The molecule has 0 radical (unpaired) electrons. The normalized spacial score (nSPS) is 11.2. The SMILES string of the molecule is CCCn1c(C)cc(C=C(C#N)C(=O)Nc2ccc(F)cc2)c1C. The van der Waals surface area contributed by atoms with E-state index in [0.29, 0.717) is 5.69 Å². The average molecular weight is 325 g/mol. The monoisotopic (exact) mass is 325 g/mol. The summed E-state index contributed by atoms with van der Waals surface area (Å²) in [5.74, 6) is -0.892. The van der Waals surface area contributed by atoms with Gasteiger partial charge in [0.25, 0.3) is 5.91 Å². The smallest absolute Gasteiger partial charge is 0.266 e. The number of carbonyl (C=O) groups is 1. The summed E-state index contributed by atoms with van der Waals surface area (Å²) >= 11 is 0. The average Bonchev–Trinajstić information content (AvgIpc) is 2.82. The number of nitrogens with one attached hydrogen (secondary N) is 1. The van der Waals surface area contributed by atoms with Crippen molar-refractivity contribution >= 4 is 17.7 Å². The van der Waals surface area contributed by atoms with Crippen LogP contribution in [-0.4, -0.2) is 10.5 Å². The molecule has 2 aromatic rings. The van der Waals surface area contributed by atoms with E-state index < -0.39 is 5.91 Å². The van der Waals surface area contributed by atoms with Gasteiger partial charge >= 0.3 is 0 Å². The highest BCUT2D eigenvalue weighted by Gasteiger charge is 2.13. The van der Waals surface area contributed by atoms with Crippen LogP contribution in [0.4, 0.5) is 10.1 Å². The first kappa shape index (κ1) is 17.5. The van der Waals surface area contributed by atoms with Crippen LogP contribution in [0.15, 0.2) is 35.9 Å². The van der Waals surface area contributed by atoms with Crippen molar-refractivity contribution < 1.29 is 9.18 Å². The Kier molecular flexibility index (Phi) is 5.54. The Morgan fingerprint density at radius 2 is 2.00 bits per heavy atom. The highest BCUT2D eigenvalue weighted by Crippen LogP contribution is 2.19. The predicted molar refractivity (Wildman–Crippen MR) is 92.8 cm³/mol. The predicted octanol–water partition coefficient (Wildman–Crippen LogP) is 4.20. The molecular weight excluding hydrogens is 305 g/mol. The number of halogens is 1. The van der Waals surface area contributed by atoms with Gasteiger partial charge in [-0.2, -0.15) is 5.26 Å². The molecule has 0 saturated carbocycles. The number of amides is 1. The summed E-state index contributed by atoms with van der Waals surface area (Å²) in [6.45, 7) is 6.98. The van der Waals surface area contributed by atoms with Crippen LogP contribution < -0.4 is 5.32 Å². The number of rotatable bonds is 5. The first-order valence-electron chi connectivity index (χ1n) is 7.81. The Morgan fingerprint density at radius 1 is 1.33 bits per heavy atom. The van der Waals surface area contributed by atoms with Crippen molar-refractivity contribution in [1.29, 1.82) is 5.26 Å². The number of aromatic nitrogens is 1. The molecule has 0 saturated heterocycles. The summed E-state index contributed by atoms with van der Waals surface area (Å²) in [7, 11) is 0. The second-order valence-corrected chi connectivity index (χ2v) is 5.61. The van der Waals surface area contributed by atoms with Gasteiger partial charge in [0, 0.05) is 23.6 Å². The van der Waals surface area contributed by atoms with Crippen LogP contribution in [-0.2, 0) is 11.3 Å². The van der Waals surface area contributed by atoms with Crippen molar-refractivity contribution in [3.05, 3.63) is 58.7 Å². The lowest BCUT2D eigenvalue weighted by Gasteiger charge is -2.07. The van der Waals surface area contributed by atoms with Crippen LogP contribution in [0.25, 0.3) is 6.08 Å². The molecule has 0 bridgehead atoms. The van der Waals surface area contributed by atoms with Gasteiger partial charge in [-0.3, -0.25) is 4.79 Å². The minimum atomic E-state index is -0.510. The first-order chi connectivity index (χ1) is 11.5. The standard InChI is InChI=1S/C19H20FN3O/c1-4-9-23-13(2)10-15(14(23)3)11-16(12-21)19(24)22-18-7-5-17(20)6-8-18/h5-8,10-11H,4,9H2,1-3H3,(H,22,24). The molecule has 1 aromatic carbocycles. The lowest BCUT2D eigenvalue weighted by atomic mass is 10.1. The molecule has 1 aromatic heterocycles. The molecule has 24 heavy (non-hydrogen) atoms. The summed E-state index contributed by atoms with van der Waals surface area (Å²) in [4.78, 5) is 12.3. The number of nitriles is 1. The lowest BCUT2D eigenvalue weighted by molar-refractivity contribution is -0.112. The van der Waals surface area contributed by atoms with Gasteiger partial charge in [-0.25, -0.2) is 4.39 Å². The third kappa shape index (κ3) is 3.90. The molecular formula is C19H20FN3O. The van der Waals surface area contributed by atoms with Crippen molar-refractivity contribution in [2.45, 2.75) is 33.7 Å². The van der Waals surface area contributed by atoms with Gasteiger partial charge in [0.1, 0.15) is 17.5 Å². The van der Waals surface area contributed by atoms with Crippen molar-refractivity contribution in [1.82, 2.24) is 4.57 Å². The third-order valence-corrected chi connectivity index (χ3v) is 3.83. The quantitative estimate of drug-likeness (QED) is 0.661. The summed E-state index contributed by atoms with van der Waals surface area (Å²) in [5, 5.41) is 11.9. The zero-order valence-corrected chi connectivity index (χ0v) is 14.1. The fourth-order valence-electron chi connectivity index (χ4n) is 2.58. The van der Waals surface area contributed by atoms with Gasteiger partial charge in [-0.1, -0.05) is 6.92 Å². The number of anilines is 1. The molecule has 0 unspecified atom stereocenters. The molecule has 0 aliphatic heterocycles. The van der Waals surface area contributed by atoms with Crippen LogP contribution in [0.3, 0.4) is 0 Å². The van der Waals surface area contributed by atoms with Crippen molar-refractivity contribution in [2.75, 3.05) is 5.32 Å². The molecule has 0 spiro atoms. The number of hydrogen-bond donors (Lipinski definition) is 1. The molecule has 1 N–H and O–H groups in total. The van der Waals surface area contributed by atoms with Crippen molar-refractivity contribution in [2.24, 2.45) is 0 Å². The third-order valence-electron chi connectivity index (χ3n) is 3.83. The Morgan fingerprint density at radius 3 is 2.58 bits per heavy atom. The molecule has 5 heteroatoms. The molecule has 0 aliphatic carbocycles. The zero-order valence-electron chi connectivity index (χ0n) is 14.1. The summed E-state index contributed by atoms with van der Waals surface area (Å²) in [5.41, 5.74) is 3.43. The Bertz CT molecular complexity index is 810. The maximum Gasteiger partial charge on any atom is 0.266 e. The van der Waals surface area contributed by atoms with Crippen LogP contribution in [0, 0.1) is 31.0 Å². The van der Waals surface area contributed by atoms with Gasteiger partial charge in [0.05, 0.1) is 0 Å². The topological polar surface area (TPSA) is 57.8 Å². The minimum Gasteiger partial charge on any atom is -0.349 e. The fourth-order valence-corrected chi connectivity index (χ4v) is 2.58. The summed E-state index contributed by atoms with van der Waals surface area (Å²) in [6, 6.07) is 9.32. The molecule has 1 heterocycles. The number of nitrogens with zero attached hydrogens (tertiary/aromatic N) is 2. The molecule has 2 rings (SSSR count). The molecule has 0 aliphatic rings. The Balaban J connectivity index is 2.26. The molecule has 0 atom stereocenters. The van der Waals surface area contributed by atoms with Gasteiger partial charge in [0.15, 0.2) is 0 Å². The van der Waals surface area contributed by atoms with Gasteiger partial charge in [-0.15, -0.1) is 0 Å². The fraction of sp³-hybridized carbons (Fsp3) is 0.263. The zero-order chi connectivity index (χ0) is 17.7. The van der Waals surface area contributed by atoms with Gasteiger partial charge < -0.3 is 9.88 Å². The first-order valence-corrected chi connectivity index (χ1v) is 7.81. The van der Waals surface area contributed by atoms with E-state index in [2.05, 4.69) is 16.8 Å². The van der Waals surface area contributed by atoms with E-state index in [1.807, 2.05) is 26.0 Å². The molecule has 1 amide bonds. The van der Waals surface area contributed by atoms with E-state index >= 15 is 0 Å². The lowest BCUT2D eigenvalue weighted by Crippen LogP contribution is -2.13. The van der Waals surface area contributed by atoms with Gasteiger partial charge in [-0.05, 0) is 62.2 Å². The minimum absolute atomic E-state index is 0.0103. The highest BCUT2D eigenvalue weighted by atomic mass is 19.1. The van der Waals surface area contributed by atoms with Crippen LogP contribution in [0.1, 0.15) is 30.3 Å². The molecule has 124 valence electrons. The van der Waals surface area contributed by atoms with Crippen LogP contribution in [0.2, 0.25) is 0 Å². The van der Waals surface area contributed by atoms with E-state index in [0.717, 1.165) is 29.9 Å². The van der Waals surface area contributed by atoms with E-state index in [1.54, 1.807) is 6.08 Å². The summed E-state index contributed by atoms with van der Waals surface area (Å²) in [6.07, 6.45) is 2.60. The van der Waals surface area contributed by atoms with E-state index in [9.17, 15) is 14.4 Å². The Labute approximate surface area is 141 Å². The maximum absolute atomic E-state index is 12.9. The highest BCUT2D eigenvalue weighted by molar-refractivity contribution is 6.09. The largest absolute Gasteiger partial charge is 0.349 e. The van der Waals surface area contributed by atoms with Gasteiger partial charge in [0.2, 0.25) is 0 Å². The second kappa shape index (κ2) is 7.60. The maximum atomic E-state index is 12.9.